The van der Waals surface area contributed by atoms with Crippen LogP contribution in [0.25, 0.3) is 16.7 Å². The molecule has 0 bridgehead atoms. The molecule has 0 radical (unpaired) electrons. The van der Waals surface area contributed by atoms with Crippen LogP contribution in [0.2, 0.25) is 5.02 Å². The summed E-state index contributed by atoms with van der Waals surface area (Å²) in [5.74, 6) is -1.36. The van der Waals surface area contributed by atoms with Gasteiger partial charge in [0.25, 0.3) is 0 Å². The molecule has 1 N–H and O–H groups in total. The second-order valence-electron chi connectivity index (χ2n) is 4.12. The Kier molecular flexibility index (Phi) is 3.40. The average molecular weight is 376 g/mol. The van der Waals surface area contributed by atoms with Gasteiger partial charge in [0.05, 0.1) is 20.7 Å². The summed E-state index contributed by atoms with van der Waals surface area (Å²) in [4.78, 5) is 2.74. The van der Waals surface area contributed by atoms with E-state index in [9.17, 15) is 8.78 Å². The lowest BCUT2D eigenvalue weighted by Crippen LogP contribution is -1.96. The quantitative estimate of drug-likeness (QED) is 0.566. The van der Waals surface area contributed by atoms with E-state index in [-0.39, 0.29) is 10.3 Å². The smallest absolute Gasteiger partial charge is 0.182 e. The van der Waals surface area contributed by atoms with Gasteiger partial charge < -0.3 is 4.98 Å². The zero-order valence-corrected chi connectivity index (χ0v) is 12.9. The van der Waals surface area contributed by atoms with Gasteiger partial charge >= 0.3 is 0 Å². The van der Waals surface area contributed by atoms with Crippen LogP contribution in [-0.2, 0) is 0 Å². The maximum atomic E-state index is 13.8. The van der Waals surface area contributed by atoms with Crippen molar-refractivity contribution >= 4 is 50.8 Å². The molecule has 0 unspecified atom stereocenters. The standard InChI is InChI=1S/C13H6BrClF2N2S/c14-11-7(15)2-1-3-9(11)19-10-5-6(16)4-8(17)12(10)18-13(19)20/h1-5H,(H,18,20). The lowest BCUT2D eigenvalue weighted by molar-refractivity contribution is 0.590. The molecule has 3 rings (SSSR count). The predicted molar refractivity (Wildman–Crippen MR) is 81.1 cm³/mol. The van der Waals surface area contributed by atoms with Crippen LogP contribution in [0.3, 0.4) is 0 Å². The van der Waals surface area contributed by atoms with E-state index in [2.05, 4.69) is 20.9 Å². The first kappa shape index (κ1) is 13.7. The molecular formula is C13H6BrClF2N2S. The number of rotatable bonds is 1. The molecule has 0 atom stereocenters. The fourth-order valence-corrected chi connectivity index (χ4v) is 2.95. The summed E-state index contributed by atoms with van der Waals surface area (Å²) >= 11 is 14.6. The Labute approximate surface area is 131 Å². The van der Waals surface area contributed by atoms with Crippen molar-refractivity contribution in [1.82, 2.24) is 9.55 Å². The third kappa shape index (κ3) is 2.08. The van der Waals surface area contributed by atoms with Crippen LogP contribution in [0.1, 0.15) is 0 Å². The highest BCUT2D eigenvalue weighted by Gasteiger charge is 2.15. The van der Waals surface area contributed by atoms with E-state index in [4.69, 9.17) is 23.8 Å². The van der Waals surface area contributed by atoms with E-state index >= 15 is 0 Å². The van der Waals surface area contributed by atoms with E-state index < -0.39 is 11.6 Å². The number of hydrogen-bond acceptors (Lipinski definition) is 1. The lowest BCUT2D eigenvalue weighted by Gasteiger charge is -2.08. The summed E-state index contributed by atoms with van der Waals surface area (Å²) in [6, 6.07) is 7.22. The first-order chi connectivity index (χ1) is 9.49. The van der Waals surface area contributed by atoms with Crippen molar-refractivity contribution in [3.63, 3.8) is 0 Å². The van der Waals surface area contributed by atoms with E-state index in [1.54, 1.807) is 18.2 Å². The lowest BCUT2D eigenvalue weighted by atomic mass is 10.2. The number of aromatic amines is 1. The second-order valence-corrected chi connectivity index (χ2v) is 5.71. The molecule has 1 heterocycles. The first-order valence-corrected chi connectivity index (χ1v) is 7.11. The Balaban J connectivity index is 2.45. The molecule has 2 aromatic carbocycles. The zero-order chi connectivity index (χ0) is 14.4. The van der Waals surface area contributed by atoms with E-state index in [1.807, 2.05) is 0 Å². The van der Waals surface area contributed by atoms with Crippen LogP contribution in [0.15, 0.2) is 34.8 Å². The minimum atomic E-state index is -0.692. The fraction of sp³-hybridized carbons (Fsp3) is 0. The molecule has 2 nitrogen and oxygen atoms in total. The summed E-state index contributed by atoms with van der Waals surface area (Å²) in [6.45, 7) is 0. The highest BCUT2D eigenvalue weighted by Crippen LogP contribution is 2.32. The maximum Gasteiger partial charge on any atom is 0.182 e. The van der Waals surface area contributed by atoms with Crippen molar-refractivity contribution in [2.75, 3.05) is 0 Å². The molecule has 0 aliphatic carbocycles. The number of hydrogen-bond donors (Lipinski definition) is 1. The van der Waals surface area contributed by atoms with E-state index in [1.165, 1.54) is 10.6 Å². The van der Waals surface area contributed by atoms with Gasteiger partial charge in [-0.15, -0.1) is 0 Å². The van der Waals surface area contributed by atoms with Crippen molar-refractivity contribution in [2.45, 2.75) is 0 Å². The molecule has 0 fully saturated rings. The largest absolute Gasteiger partial charge is 0.328 e. The number of H-pyrrole nitrogens is 1. The van der Waals surface area contributed by atoms with Gasteiger partial charge in [0.15, 0.2) is 10.6 Å². The van der Waals surface area contributed by atoms with Crippen molar-refractivity contribution in [3.8, 4) is 5.69 Å². The number of benzene rings is 2. The SMILES string of the molecule is Fc1cc(F)c2[nH]c(=S)n(-c3cccc(Cl)c3Br)c2c1. The van der Waals surface area contributed by atoms with Crippen molar-refractivity contribution < 1.29 is 8.78 Å². The molecule has 20 heavy (non-hydrogen) atoms. The first-order valence-electron chi connectivity index (χ1n) is 5.53. The van der Waals surface area contributed by atoms with Crippen molar-refractivity contribution in [3.05, 3.63) is 56.2 Å². The maximum absolute atomic E-state index is 13.8. The molecule has 0 aliphatic rings. The van der Waals surface area contributed by atoms with Gasteiger partial charge in [-0.3, -0.25) is 4.57 Å². The average Bonchev–Trinajstić information content (AvgIpc) is 2.70. The molecular weight excluding hydrogens is 370 g/mol. The van der Waals surface area contributed by atoms with E-state index in [0.717, 1.165) is 6.07 Å². The summed E-state index contributed by atoms with van der Waals surface area (Å²) in [5, 5.41) is 0.482. The van der Waals surface area contributed by atoms with Crippen LogP contribution in [0.4, 0.5) is 8.78 Å². The summed E-state index contributed by atoms with van der Waals surface area (Å²) in [6.07, 6.45) is 0. The topological polar surface area (TPSA) is 20.7 Å². The fourth-order valence-electron chi connectivity index (χ4n) is 2.04. The Bertz CT molecular complexity index is 888. The number of imidazole rings is 1. The van der Waals surface area contributed by atoms with Crippen molar-refractivity contribution in [1.29, 1.82) is 0 Å². The van der Waals surface area contributed by atoms with Crippen molar-refractivity contribution in [2.24, 2.45) is 0 Å². The third-order valence-electron chi connectivity index (χ3n) is 2.88. The summed E-state index contributed by atoms with van der Waals surface area (Å²) < 4.78 is 29.6. The van der Waals surface area contributed by atoms with Gasteiger partial charge in [-0.25, -0.2) is 8.78 Å². The highest BCUT2D eigenvalue weighted by atomic mass is 79.9. The van der Waals surface area contributed by atoms with Gasteiger partial charge in [-0.2, -0.15) is 0 Å². The summed E-state index contributed by atoms with van der Waals surface area (Å²) in [7, 11) is 0. The molecule has 0 aliphatic heterocycles. The van der Waals surface area contributed by atoms with Gasteiger partial charge in [0, 0.05) is 12.1 Å². The number of nitrogens with zero attached hydrogens (tertiary/aromatic N) is 1. The highest BCUT2D eigenvalue weighted by molar-refractivity contribution is 9.10. The molecule has 1 aromatic heterocycles. The Morgan fingerprint density at radius 1 is 1.25 bits per heavy atom. The van der Waals surface area contributed by atoms with Gasteiger partial charge in [-0.05, 0) is 40.3 Å². The minimum Gasteiger partial charge on any atom is -0.328 e. The molecule has 3 aromatic rings. The minimum absolute atomic E-state index is 0.156. The Morgan fingerprint density at radius 3 is 2.75 bits per heavy atom. The van der Waals surface area contributed by atoms with Crippen LogP contribution >= 0.6 is 39.7 Å². The molecule has 0 saturated carbocycles. The van der Waals surface area contributed by atoms with Crippen LogP contribution in [0, 0.1) is 16.4 Å². The zero-order valence-electron chi connectivity index (χ0n) is 9.75. The predicted octanol–water partition coefficient (Wildman–Crippen LogP) is 5.38. The summed E-state index contributed by atoms with van der Waals surface area (Å²) in [5.41, 5.74) is 1.08. The monoisotopic (exact) mass is 374 g/mol. The van der Waals surface area contributed by atoms with Crippen LogP contribution in [-0.4, -0.2) is 9.55 Å². The second kappa shape index (κ2) is 4.95. The van der Waals surface area contributed by atoms with Crippen LogP contribution in [0.5, 0.6) is 0 Å². The Morgan fingerprint density at radius 2 is 2.00 bits per heavy atom. The molecule has 102 valence electrons. The molecule has 7 heteroatoms. The van der Waals surface area contributed by atoms with Gasteiger partial charge in [0.2, 0.25) is 0 Å². The normalized spacial score (nSPS) is 11.2. The Hall–Kier alpha value is -1.24. The third-order valence-corrected chi connectivity index (χ3v) is 4.54. The number of nitrogens with one attached hydrogen (secondary N) is 1. The number of fused-ring (bicyclic) bond motifs is 1. The van der Waals surface area contributed by atoms with Gasteiger partial charge in [-0.1, -0.05) is 17.7 Å². The van der Waals surface area contributed by atoms with E-state index in [0.29, 0.717) is 20.7 Å². The molecule has 0 saturated heterocycles. The van der Waals surface area contributed by atoms with Gasteiger partial charge in [0.1, 0.15) is 11.3 Å². The van der Waals surface area contributed by atoms with Crippen LogP contribution < -0.4 is 0 Å². The number of aromatic nitrogens is 2. The molecule has 0 spiro atoms. The number of halogens is 4. The molecule has 0 amide bonds.